The topological polar surface area (TPSA) is 100 Å². The Kier molecular flexibility index (Phi) is 8.44. The molecule has 0 aliphatic heterocycles. The van der Waals surface area contributed by atoms with Gasteiger partial charge in [-0.25, -0.2) is 0 Å². The first kappa shape index (κ1) is 23.4. The quantitative estimate of drug-likeness (QED) is 0.574. The Labute approximate surface area is 183 Å². The number of hydrogen-bond donors (Lipinski definition) is 2. The average molecular weight is 443 g/mol. The number of carbonyl (C=O) groups is 2. The van der Waals surface area contributed by atoms with Crippen molar-refractivity contribution in [1.29, 1.82) is 0 Å². The highest BCUT2D eigenvalue weighted by Crippen LogP contribution is 2.30. The van der Waals surface area contributed by atoms with Crippen molar-refractivity contribution in [2.24, 2.45) is 0 Å². The zero-order chi connectivity index (χ0) is 22.3. The molecule has 8 heteroatoms. The van der Waals surface area contributed by atoms with Crippen LogP contribution in [0.1, 0.15) is 33.6 Å². The molecule has 0 spiro atoms. The number of aryl methyl sites for hydroxylation is 2. The van der Waals surface area contributed by atoms with Crippen molar-refractivity contribution in [2.75, 3.05) is 0 Å². The molecule has 0 saturated carbocycles. The lowest BCUT2D eigenvalue weighted by atomic mass is 10.1. The summed E-state index contributed by atoms with van der Waals surface area (Å²) in [6, 6.07) is 0. The van der Waals surface area contributed by atoms with E-state index in [2.05, 4.69) is 23.1 Å². The molecule has 2 aromatic heterocycles. The molecule has 30 heavy (non-hydrogen) atoms. The van der Waals surface area contributed by atoms with Crippen LogP contribution in [-0.4, -0.2) is 30.4 Å². The number of aromatic hydroxyl groups is 2. The summed E-state index contributed by atoms with van der Waals surface area (Å²) in [6.45, 7) is 10.7. The first-order valence-corrected chi connectivity index (χ1v) is 10.9. The molecule has 0 unspecified atom stereocenters. The van der Waals surface area contributed by atoms with Crippen LogP contribution in [0.15, 0.2) is 37.7 Å². The van der Waals surface area contributed by atoms with Gasteiger partial charge in [0, 0.05) is 35.0 Å². The molecule has 156 valence electrons. The van der Waals surface area contributed by atoms with Gasteiger partial charge in [-0.05, 0) is 37.1 Å². The van der Waals surface area contributed by atoms with Crippen LogP contribution in [0, 0.1) is 13.8 Å². The SMILES string of the molecule is C=Cc1cnc(C)c(O)c1CSC(=O)C=CC(=O)SCc1c(C=C)cnc(C)c1O. The summed E-state index contributed by atoms with van der Waals surface area (Å²) in [5.74, 6) is 0.532. The molecule has 0 atom stereocenters. The smallest absolute Gasteiger partial charge is 0.212 e. The van der Waals surface area contributed by atoms with E-state index < -0.39 is 0 Å². The summed E-state index contributed by atoms with van der Waals surface area (Å²) in [7, 11) is 0. The molecule has 2 rings (SSSR count). The number of rotatable bonds is 8. The number of thioether (sulfide) groups is 2. The summed E-state index contributed by atoms with van der Waals surface area (Å²) >= 11 is 1.93. The van der Waals surface area contributed by atoms with Crippen molar-refractivity contribution in [3.63, 3.8) is 0 Å². The van der Waals surface area contributed by atoms with Crippen molar-refractivity contribution in [2.45, 2.75) is 25.4 Å². The third kappa shape index (κ3) is 5.84. The van der Waals surface area contributed by atoms with Gasteiger partial charge in [0.15, 0.2) is 0 Å². The summed E-state index contributed by atoms with van der Waals surface area (Å²) in [5, 5.41) is 19.7. The molecule has 0 amide bonds. The molecular formula is C22H22N2O4S2. The maximum Gasteiger partial charge on any atom is 0.212 e. The van der Waals surface area contributed by atoms with Crippen molar-refractivity contribution >= 4 is 45.9 Å². The average Bonchev–Trinajstić information content (AvgIpc) is 2.74. The van der Waals surface area contributed by atoms with Gasteiger partial charge in [0.1, 0.15) is 11.5 Å². The van der Waals surface area contributed by atoms with Gasteiger partial charge >= 0.3 is 0 Å². The van der Waals surface area contributed by atoms with Crippen LogP contribution < -0.4 is 0 Å². The van der Waals surface area contributed by atoms with Gasteiger partial charge in [0.05, 0.1) is 11.4 Å². The molecular weight excluding hydrogens is 420 g/mol. The fourth-order valence-corrected chi connectivity index (χ4v) is 4.00. The van der Waals surface area contributed by atoms with Crippen molar-refractivity contribution in [1.82, 2.24) is 9.97 Å². The Morgan fingerprint density at radius 2 is 1.23 bits per heavy atom. The molecule has 0 radical (unpaired) electrons. The van der Waals surface area contributed by atoms with Gasteiger partial charge < -0.3 is 10.2 Å². The number of hydrogen-bond acceptors (Lipinski definition) is 8. The molecule has 0 bridgehead atoms. The Bertz CT molecular complexity index is 951. The summed E-state index contributed by atoms with van der Waals surface area (Å²) in [4.78, 5) is 32.4. The van der Waals surface area contributed by atoms with E-state index in [1.165, 1.54) is 12.2 Å². The predicted octanol–water partition coefficient (Wildman–Crippen LogP) is 4.57. The first-order chi connectivity index (χ1) is 14.3. The van der Waals surface area contributed by atoms with Gasteiger partial charge in [-0.2, -0.15) is 0 Å². The highest BCUT2D eigenvalue weighted by molar-refractivity contribution is 8.14. The molecule has 2 aromatic rings. The standard InChI is InChI=1S/C22H22N2O4S2/c1-5-15-9-23-13(3)21(27)17(15)11-29-19(25)7-8-20(26)30-12-18-16(6-2)10-24-14(4)22(18)28/h5-10,27-28H,1-2,11-12H2,3-4H3. The van der Waals surface area contributed by atoms with Gasteiger partial charge in [0.2, 0.25) is 10.2 Å². The van der Waals surface area contributed by atoms with E-state index in [9.17, 15) is 19.8 Å². The fraction of sp³-hybridized carbons (Fsp3) is 0.182. The normalized spacial score (nSPS) is 10.9. The van der Waals surface area contributed by atoms with Crippen LogP contribution in [0.25, 0.3) is 12.2 Å². The Morgan fingerprint density at radius 3 is 1.57 bits per heavy atom. The van der Waals surface area contributed by atoms with Crippen LogP contribution in [0.3, 0.4) is 0 Å². The van der Waals surface area contributed by atoms with E-state index in [0.717, 1.165) is 23.5 Å². The van der Waals surface area contributed by atoms with E-state index in [1.807, 2.05) is 0 Å². The second kappa shape index (κ2) is 10.8. The minimum absolute atomic E-state index is 0.0359. The zero-order valence-corrected chi connectivity index (χ0v) is 18.3. The molecule has 2 N–H and O–H groups in total. The van der Waals surface area contributed by atoms with Crippen LogP contribution in [0.4, 0.5) is 0 Å². The van der Waals surface area contributed by atoms with Crippen molar-refractivity contribution in [3.05, 3.63) is 71.3 Å². The summed E-state index contributed by atoms with van der Waals surface area (Å²) in [5.41, 5.74) is 3.40. The predicted molar refractivity (Wildman–Crippen MR) is 123 cm³/mol. The number of nitrogens with zero attached hydrogens (tertiary/aromatic N) is 2. The van der Waals surface area contributed by atoms with Crippen LogP contribution in [-0.2, 0) is 21.1 Å². The second-order valence-corrected chi connectivity index (χ2v) is 8.17. The van der Waals surface area contributed by atoms with E-state index in [0.29, 0.717) is 33.6 Å². The highest BCUT2D eigenvalue weighted by atomic mass is 32.2. The molecule has 2 heterocycles. The van der Waals surface area contributed by atoms with Crippen molar-refractivity contribution in [3.8, 4) is 11.5 Å². The van der Waals surface area contributed by atoms with Gasteiger partial charge in [-0.1, -0.05) is 48.8 Å². The minimum atomic E-state index is -0.317. The summed E-state index contributed by atoms with van der Waals surface area (Å²) < 4.78 is 0. The lowest BCUT2D eigenvalue weighted by molar-refractivity contribution is -0.109. The molecule has 0 aliphatic rings. The van der Waals surface area contributed by atoms with E-state index in [4.69, 9.17) is 0 Å². The Hall–Kier alpha value is -2.84. The van der Waals surface area contributed by atoms with Crippen LogP contribution in [0.5, 0.6) is 11.5 Å². The van der Waals surface area contributed by atoms with E-state index >= 15 is 0 Å². The summed E-state index contributed by atoms with van der Waals surface area (Å²) in [6.07, 6.45) is 8.71. The molecule has 0 saturated heterocycles. The van der Waals surface area contributed by atoms with Crippen molar-refractivity contribution < 1.29 is 19.8 Å². The van der Waals surface area contributed by atoms with E-state index in [1.54, 1.807) is 38.4 Å². The maximum absolute atomic E-state index is 12.1. The van der Waals surface area contributed by atoms with Crippen LogP contribution in [0.2, 0.25) is 0 Å². The maximum atomic E-state index is 12.1. The van der Waals surface area contributed by atoms with Crippen LogP contribution >= 0.6 is 23.5 Å². The third-order valence-corrected chi connectivity index (χ3v) is 5.97. The van der Waals surface area contributed by atoms with Gasteiger partial charge in [-0.15, -0.1) is 0 Å². The first-order valence-electron chi connectivity index (χ1n) is 8.89. The Balaban J connectivity index is 1.96. The number of pyridine rings is 2. The monoisotopic (exact) mass is 442 g/mol. The third-order valence-electron chi connectivity index (χ3n) is 4.26. The zero-order valence-electron chi connectivity index (χ0n) is 16.7. The molecule has 0 fully saturated rings. The second-order valence-electron chi connectivity index (χ2n) is 6.21. The van der Waals surface area contributed by atoms with Gasteiger partial charge in [-0.3, -0.25) is 19.6 Å². The van der Waals surface area contributed by atoms with Gasteiger partial charge in [0.25, 0.3) is 0 Å². The highest BCUT2D eigenvalue weighted by Gasteiger charge is 2.13. The molecule has 0 aromatic carbocycles. The van der Waals surface area contributed by atoms with E-state index in [-0.39, 0.29) is 33.2 Å². The Morgan fingerprint density at radius 1 is 0.867 bits per heavy atom. The number of carbonyl (C=O) groups excluding carboxylic acids is 2. The largest absolute Gasteiger partial charge is 0.506 e. The molecule has 6 nitrogen and oxygen atoms in total. The lowest BCUT2D eigenvalue weighted by Gasteiger charge is -2.09. The number of aromatic nitrogens is 2. The fourth-order valence-electron chi connectivity index (χ4n) is 2.50. The minimum Gasteiger partial charge on any atom is -0.506 e. The lowest BCUT2D eigenvalue weighted by Crippen LogP contribution is -1.97. The molecule has 0 aliphatic carbocycles.